The van der Waals surface area contributed by atoms with Gasteiger partial charge >= 0.3 is 23.9 Å². The van der Waals surface area contributed by atoms with Crippen LogP contribution in [0.2, 0.25) is 0 Å². The fraction of sp³-hybridized carbons (Fsp3) is 0.222. The molecule has 0 bridgehead atoms. The van der Waals surface area contributed by atoms with Gasteiger partial charge in [0, 0.05) is 54.4 Å². The van der Waals surface area contributed by atoms with Gasteiger partial charge in [0.25, 0.3) is 11.4 Å². The summed E-state index contributed by atoms with van der Waals surface area (Å²) in [5.74, 6) is -1.35. The molecule has 4 aliphatic heterocycles. The molecule has 4 aromatic rings. The van der Waals surface area contributed by atoms with Gasteiger partial charge in [0.1, 0.15) is 0 Å². The molecule has 262 valence electrons. The van der Waals surface area contributed by atoms with Gasteiger partial charge in [-0.05, 0) is 40.5 Å². The van der Waals surface area contributed by atoms with E-state index in [0.717, 1.165) is 45.1 Å². The molecule has 4 aliphatic rings. The highest BCUT2D eigenvalue weighted by Crippen LogP contribution is 2.24. The van der Waals surface area contributed by atoms with Crippen molar-refractivity contribution in [1.29, 1.82) is 0 Å². The number of carbonyl (C=O) groups is 4. The molecule has 0 fully saturated rings. The van der Waals surface area contributed by atoms with E-state index in [9.17, 15) is 39.4 Å². The number of non-ortho nitro benzene ring substituents is 2. The molecule has 0 aromatic heterocycles. The molecule has 0 aliphatic carbocycles. The average Bonchev–Trinajstić information content (AvgIpc) is 3.13. The third-order valence-electron chi connectivity index (χ3n) is 8.00. The molecule has 8 rings (SSSR count). The van der Waals surface area contributed by atoms with Gasteiger partial charge < -0.3 is 18.9 Å². The minimum atomic E-state index is -0.526. The number of hydrogen-bond acceptors (Lipinski definition) is 12. The molecular formula is C36H29BrN2O12. The molecule has 0 spiro atoms. The number of benzene rings is 4. The zero-order valence-electron chi connectivity index (χ0n) is 26.8. The fourth-order valence-electron chi connectivity index (χ4n) is 5.39. The summed E-state index contributed by atoms with van der Waals surface area (Å²) in [5, 5.41) is 20.9. The predicted molar refractivity (Wildman–Crippen MR) is 183 cm³/mol. The molecule has 4 heterocycles. The summed E-state index contributed by atoms with van der Waals surface area (Å²) in [6.07, 6.45) is 2.93. The molecular weight excluding hydrogens is 732 g/mol. The third-order valence-corrected chi connectivity index (χ3v) is 8.49. The van der Waals surface area contributed by atoms with Crippen LogP contribution in [0.3, 0.4) is 0 Å². The van der Waals surface area contributed by atoms with Crippen molar-refractivity contribution in [3.63, 3.8) is 0 Å². The number of cyclic esters (lactones) is 4. The van der Waals surface area contributed by atoms with E-state index in [0.29, 0.717) is 56.0 Å². The Morgan fingerprint density at radius 2 is 0.824 bits per heavy atom. The molecule has 0 atom stereocenters. The molecule has 4 aromatic carbocycles. The van der Waals surface area contributed by atoms with Crippen LogP contribution in [0.4, 0.5) is 11.4 Å². The third kappa shape index (κ3) is 9.19. The maximum atomic E-state index is 11.2. The lowest BCUT2D eigenvalue weighted by Gasteiger charge is -2.15. The summed E-state index contributed by atoms with van der Waals surface area (Å²) in [4.78, 5) is 64.5. The van der Waals surface area contributed by atoms with Gasteiger partial charge in [-0.2, -0.15) is 0 Å². The Labute approximate surface area is 298 Å². The maximum Gasteiger partial charge on any atom is 0.338 e. The molecule has 0 radical (unpaired) electrons. The number of fused-ring (bicyclic) bond motifs is 4. The average molecular weight is 762 g/mol. The summed E-state index contributed by atoms with van der Waals surface area (Å²) in [6.45, 7) is 1.73. The Hall–Kier alpha value is -5.96. The second-order valence-electron chi connectivity index (χ2n) is 11.2. The van der Waals surface area contributed by atoms with E-state index in [2.05, 4.69) is 15.9 Å². The van der Waals surface area contributed by atoms with Crippen LogP contribution in [0.15, 0.2) is 83.3 Å². The standard InChI is InChI=1S/C9H7BrO2.2C9H7NO4.C9H8O2/c10-7-2-1-6-3-4-12-9(11)8(6)5-7;2*11-9-8-5-7(10(12)13)2-1-6(8)3-4-14-9;10-9-8-4-2-1-3-7(8)5-6-11-9/h1-2,5H,3-4H2;2*1-2,5H,3-4H2;1-4H,5-6H2. The van der Waals surface area contributed by atoms with Gasteiger partial charge in [-0.25, -0.2) is 19.2 Å². The lowest BCUT2D eigenvalue weighted by molar-refractivity contribution is -0.385. The first-order valence-electron chi connectivity index (χ1n) is 15.6. The number of nitro benzene ring substituents is 2. The molecule has 0 unspecified atom stereocenters. The number of carbonyl (C=O) groups excluding carboxylic acids is 4. The van der Waals surface area contributed by atoms with E-state index < -0.39 is 21.8 Å². The summed E-state index contributed by atoms with van der Waals surface area (Å²) < 4.78 is 20.2. The number of ether oxygens (including phenoxy) is 4. The summed E-state index contributed by atoms with van der Waals surface area (Å²) in [6, 6.07) is 21.8. The first-order chi connectivity index (χ1) is 24.5. The highest BCUT2D eigenvalue weighted by molar-refractivity contribution is 9.10. The summed E-state index contributed by atoms with van der Waals surface area (Å²) in [5.41, 5.74) is 5.67. The Kier molecular flexibility index (Phi) is 11.8. The minimum absolute atomic E-state index is 0.0809. The van der Waals surface area contributed by atoms with Crippen molar-refractivity contribution in [2.75, 3.05) is 26.4 Å². The monoisotopic (exact) mass is 760 g/mol. The number of hydrogen-bond donors (Lipinski definition) is 0. The first-order valence-corrected chi connectivity index (χ1v) is 16.4. The Bertz CT molecular complexity index is 1950. The molecule has 15 heteroatoms. The van der Waals surface area contributed by atoms with Gasteiger partial charge in [0.15, 0.2) is 0 Å². The second kappa shape index (κ2) is 16.6. The molecule has 0 amide bonds. The van der Waals surface area contributed by atoms with Crippen LogP contribution < -0.4 is 0 Å². The number of halogens is 1. The number of nitrogens with zero attached hydrogens (tertiary/aromatic N) is 2. The van der Waals surface area contributed by atoms with Crippen molar-refractivity contribution in [1.82, 2.24) is 0 Å². The van der Waals surface area contributed by atoms with Gasteiger partial charge in [-0.1, -0.05) is 52.3 Å². The number of nitro groups is 2. The van der Waals surface area contributed by atoms with E-state index in [4.69, 9.17) is 18.9 Å². The van der Waals surface area contributed by atoms with Crippen molar-refractivity contribution in [3.8, 4) is 0 Å². The maximum absolute atomic E-state index is 11.2. The van der Waals surface area contributed by atoms with E-state index in [1.807, 2.05) is 30.3 Å². The van der Waals surface area contributed by atoms with E-state index >= 15 is 0 Å². The smallest absolute Gasteiger partial charge is 0.338 e. The van der Waals surface area contributed by atoms with Crippen LogP contribution in [0, 0.1) is 20.2 Å². The SMILES string of the molecule is O=C1OCCc2ccc(Br)cc21.O=C1OCCc2ccc([N+](=O)[O-])cc21.O=C1OCCc2ccc([N+](=O)[O-])cc21.O=C1OCCc2ccccc21. The zero-order valence-corrected chi connectivity index (χ0v) is 28.4. The van der Waals surface area contributed by atoms with Crippen LogP contribution in [0.25, 0.3) is 0 Å². The summed E-state index contributed by atoms with van der Waals surface area (Å²) >= 11 is 3.31. The van der Waals surface area contributed by atoms with Gasteiger partial charge in [-0.3, -0.25) is 20.2 Å². The Morgan fingerprint density at radius 1 is 0.471 bits per heavy atom. The lowest BCUT2D eigenvalue weighted by Crippen LogP contribution is -2.17. The van der Waals surface area contributed by atoms with Crippen molar-refractivity contribution in [2.24, 2.45) is 0 Å². The number of esters is 4. The van der Waals surface area contributed by atoms with Crippen LogP contribution in [0.5, 0.6) is 0 Å². The quantitative estimate of drug-likeness (QED) is 0.0977. The number of rotatable bonds is 2. The van der Waals surface area contributed by atoms with E-state index in [1.165, 1.54) is 24.3 Å². The van der Waals surface area contributed by atoms with Crippen LogP contribution in [0.1, 0.15) is 63.7 Å². The fourth-order valence-corrected chi connectivity index (χ4v) is 5.75. The summed E-state index contributed by atoms with van der Waals surface area (Å²) in [7, 11) is 0. The largest absolute Gasteiger partial charge is 0.462 e. The van der Waals surface area contributed by atoms with Gasteiger partial charge in [0.05, 0.1) is 58.5 Å². The first kappa shape index (κ1) is 36.3. The van der Waals surface area contributed by atoms with Crippen LogP contribution in [-0.4, -0.2) is 60.2 Å². The second-order valence-corrected chi connectivity index (χ2v) is 12.1. The van der Waals surface area contributed by atoms with Crippen LogP contribution >= 0.6 is 15.9 Å². The molecule has 14 nitrogen and oxygen atoms in total. The Balaban J connectivity index is 0.000000132. The zero-order chi connectivity index (χ0) is 36.5. The lowest BCUT2D eigenvalue weighted by atomic mass is 10.0. The molecule has 0 N–H and O–H groups in total. The molecule has 51 heavy (non-hydrogen) atoms. The highest BCUT2D eigenvalue weighted by atomic mass is 79.9. The van der Waals surface area contributed by atoms with Gasteiger partial charge in [0.2, 0.25) is 0 Å². The van der Waals surface area contributed by atoms with Gasteiger partial charge in [-0.15, -0.1) is 0 Å². The highest BCUT2D eigenvalue weighted by Gasteiger charge is 2.23. The van der Waals surface area contributed by atoms with Crippen LogP contribution in [-0.2, 0) is 44.6 Å². The van der Waals surface area contributed by atoms with Crippen molar-refractivity contribution in [2.45, 2.75) is 25.7 Å². The van der Waals surface area contributed by atoms with Crippen molar-refractivity contribution in [3.05, 3.63) is 148 Å². The topological polar surface area (TPSA) is 191 Å². The van der Waals surface area contributed by atoms with Crippen molar-refractivity contribution < 1.29 is 48.0 Å². The minimum Gasteiger partial charge on any atom is -0.462 e. The van der Waals surface area contributed by atoms with Crippen molar-refractivity contribution >= 4 is 51.2 Å². The van der Waals surface area contributed by atoms with E-state index in [-0.39, 0.29) is 23.3 Å². The Morgan fingerprint density at radius 3 is 1.24 bits per heavy atom. The predicted octanol–water partition coefficient (Wildman–Crippen LogP) is 6.18. The normalized spacial score (nSPS) is 14.8. The molecule has 0 saturated carbocycles. The molecule has 0 saturated heterocycles. The van der Waals surface area contributed by atoms with E-state index in [1.54, 1.807) is 24.3 Å².